The monoisotopic (exact) mass is 677 g/mol. The van der Waals surface area contributed by atoms with Crippen LogP contribution in [0.4, 0.5) is 0 Å². The molecule has 0 atom stereocenters. The Morgan fingerprint density at radius 3 is 0.936 bits per heavy atom. The van der Waals surface area contributed by atoms with Gasteiger partial charge in [0.25, 0.3) is 0 Å². The molecule has 0 aromatic heterocycles. The van der Waals surface area contributed by atoms with Gasteiger partial charge in [-0.3, -0.25) is 4.57 Å². The Hall–Kier alpha value is -0.630. The summed E-state index contributed by atoms with van der Waals surface area (Å²) in [6.45, 7) is 7.63. The Balaban J connectivity index is 2.07. The summed E-state index contributed by atoms with van der Waals surface area (Å²) < 4.78 is 26.1. The largest absolute Gasteiger partial charge is 0.361 e. The van der Waals surface area contributed by atoms with Crippen molar-refractivity contribution in [3.8, 4) is 0 Å². The standard InChI is InChI=1S/C43H81O3P/c1-4-6-8-10-12-14-16-18-20-22-24-26-28-30-32-36-40-45-47(44,43-39-35-34-38-42(43)3)46-41-37-33-31-29-27-25-23-21-19-17-15-13-11-9-7-5-2/h34-35,38-39H,4-33,36-37,40-41H2,1-3H3. The summed E-state index contributed by atoms with van der Waals surface area (Å²) in [7, 11) is -3.29. The smallest absolute Gasteiger partial charge is 0.305 e. The predicted octanol–water partition coefficient (Wildman–Crippen LogP) is 15.4. The Morgan fingerprint density at radius 2 is 0.660 bits per heavy atom. The fourth-order valence-corrected chi connectivity index (χ4v) is 8.58. The predicted molar refractivity (Wildman–Crippen MR) is 209 cm³/mol. The minimum atomic E-state index is -3.29. The van der Waals surface area contributed by atoms with Crippen LogP contribution in [0, 0.1) is 6.92 Å². The first-order valence-corrected chi connectivity index (χ1v) is 22.6. The Labute approximate surface area is 295 Å². The van der Waals surface area contributed by atoms with Crippen molar-refractivity contribution in [3.63, 3.8) is 0 Å². The summed E-state index contributed by atoms with van der Waals surface area (Å²) in [4.78, 5) is 0. The lowest BCUT2D eigenvalue weighted by atomic mass is 10.0. The first kappa shape index (κ1) is 44.4. The van der Waals surface area contributed by atoms with Crippen LogP contribution in [-0.4, -0.2) is 13.2 Å². The number of rotatable bonds is 37. The molecule has 0 aliphatic carbocycles. The molecule has 0 aliphatic heterocycles. The molecule has 0 heterocycles. The van der Waals surface area contributed by atoms with Crippen molar-refractivity contribution in [2.45, 2.75) is 226 Å². The third-order valence-electron chi connectivity index (χ3n) is 9.93. The molecule has 0 unspecified atom stereocenters. The van der Waals surface area contributed by atoms with Gasteiger partial charge in [-0.1, -0.05) is 225 Å². The average molecular weight is 677 g/mol. The van der Waals surface area contributed by atoms with Crippen LogP contribution in [0.25, 0.3) is 0 Å². The molecule has 0 fully saturated rings. The Morgan fingerprint density at radius 1 is 0.404 bits per heavy atom. The van der Waals surface area contributed by atoms with Crippen LogP contribution >= 0.6 is 7.60 Å². The molecule has 0 saturated heterocycles. The summed E-state index contributed by atoms with van der Waals surface area (Å²) >= 11 is 0. The highest BCUT2D eigenvalue weighted by atomic mass is 31.2. The van der Waals surface area contributed by atoms with Gasteiger partial charge in [0.15, 0.2) is 0 Å². The van der Waals surface area contributed by atoms with E-state index in [-0.39, 0.29) is 0 Å². The van der Waals surface area contributed by atoms with Gasteiger partial charge >= 0.3 is 7.60 Å². The SMILES string of the molecule is CCCCCCCCCCCCCCCCCCOP(=O)(OCCCCCCCCCCCCCCCCCC)c1ccccc1C. The zero-order valence-electron chi connectivity index (χ0n) is 32.0. The highest BCUT2D eigenvalue weighted by molar-refractivity contribution is 7.62. The van der Waals surface area contributed by atoms with Crippen molar-refractivity contribution < 1.29 is 13.6 Å². The summed E-state index contributed by atoms with van der Waals surface area (Å²) in [5.74, 6) is 0. The fourth-order valence-electron chi connectivity index (χ4n) is 6.72. The van der Waals surface area contributed by atoms with Crippen molar-refractivity contribution in [3.05, 3.63) is 29.8 Å². The molecule has 4 heteroatoms. The zero-order chi connectivity index (χ0) is 33.9. The molecule has 0 N–H and O–H groups in total. The second-order valence-electron chi connectivity index (χ2n) is 14.6. The normalized spacial score (nSPS) is 11.9. The maximum Gasteiger partial charge on any atom is 0.361 e. The summed E-state index contributed by atoms with van der Waals surface area (Å²) in [6.07, 6.45) is 43.1. The average Bonchev–Trinajstić information content (AvgIpc) is 3.07. The maximum absolute atomic E-state index is 13.9. The van der Waals surface area contributed by atoms with Crippen molar-refractivity contribution in [1.82, 2.24) is 0 Å². The first-order valence-electron chi connectivity index (χ1n) is 21.1. The molecule has 47 heavy (non-hydrogen) atoms. The molecule has 0 spiro atoms. The van der Waals surface area contributed by atoms with E-state index in [0.717, 1.165) is 36.6 Å². The maximum atomic E-state index is 13.9. The molecule has 276 valence electrons. The van der Waals surface area contributed by atoms with Gasteiger partial charge in [-0.15, -0.1) is 0 Å². The molecule has 1 aromatic rings. The molecular weight excluding hydrogens is 595 g/mol. The van der Waals surface area contributed by atoms with Gasteiger partial charge in [0, 0.05) is 0 Å². The minimum Gasteiger partial charge on any atom is -0.305 e. The van der Waals surface area contributed by atoms with Crippen LogP contribution in [0.1, 0.15) is 225 Å². The number of benzene rings is 1. The van der Waals surface area contributed by atoms with E-state index in [1.165, 1.54) is 180 Å². The topological polar surface area (TPSA) is 35.5 Å². The molecule has 1 aromatic carbocycles. The summed E-state index contributed by atoms with van der Waals surface area (Å²) in [5.41, 5.74) is 0.995. The van der Waals surface area contributed by atoms with Gasteiger partial charge < -0.3 is 9.05 Å². The lowest BCUT2D eigenvalue weighted by Crippen LogP contribution is -2.14. The molecule has 0 bridgehead atoms. The van der Waals surface area contributed by atoms with Crippen molar-refractivity contribution in [2.75, 3.05) is 13.2 Å². The number of aryl methyl sites for hydroxylation is 1. The zero-order valence-corrected chi connectivity index (χ0v) is 32.9. The van der Waals surface area contributed by atoms with Gasteiger partial charge in [0.1, 0.15) is 0 Å². The van der Waals surface area contributed by atoms with E-state index in [0.29, 0.717) is 13.2 Å². The van der Waals surface area contributed by atoms with Gasteiger partial charge in [-0.25, -0.2) is 0 Å². The van der Waals surface area contributed by atoms with E-state index in [1.807, 2.05) is 31.2 Å². The van der Waals surface area contributed by atoms with Crippen LogP contribution in [0.3, 0.4) is 0 Å². The first-order chi connectivity index (χ1) is 23.1. The molecule has 0 saturated carbocycles. The van der Waals surface area contributed by atoms with Crippen LogP contribution in [0.2, 0.25) is 0 Å². The van der Waals surface area contributed by atoms with E-state index in [1.54, 1.807) is 0 Å². The van der Waals surface area contributed by atoms with Crippen molar-refractivity contribution >= 4 is 12.9 Å². The lowest BCUT2D eigenvalue weighted by Gasteiger charge is -2.20. The summed E-state index contributed by atoms with van der Waals surface area (Å²) in [5, 5.41) is 0.744. The minimum absolute atomic E-state index is 0.517. The molecule has 0 radical (unpaired) electrons. The summed E-state index contributed by atoms with van der Waals surface area (Å²) in [6, 6.07) is 7.88. The molecule has 0 amide bonds. The van der Waals surface area contributed by atoms with Crippen LogP contribution in [0.15, 0.2) is 24.3 Å². The number of unbranched alkanes of at least 4 members (excludes halogenated alkanes) is 30. The lowest BCUT2D eigenvalue weighted by molar-refractivity contribution is 0.206. The van der Waals surface area contributed by atoms with E-state index in [4.69, 9.17) is 9.05 Å². The van der Waals surface area contributed by atoms with Gasteiger partial charge in [0.05, 0.1) is 18.5 Å². The number of hydrogen-bond acceptors (Lipinski definition) is 3. The fraction of sp³-hybridized carbons (Fsp3) is 0.860. The molecule has 3 nitrogen and oxygen atoms in total. The quantitative estimate of drug-likeness (QED) is 0.0520. The van der Waals surface area contributed by atoms with Gasteiger partial charge in [-0.2, -0.15) is 0 Å². The Bertz CT molecular complexity index is 783. The highest BCUT2D eigenvalue weighted by Gasteiger charge is 2.29. The molecule has 0 aliphatic rings. The third kappa shape index (κ3) is 26.9. The van der Waals surface area contributed by atoms with Crippen LogP contribution in [0.5, 0.6) is 0 Å². The van der Waals surface area contributed by atoms with Crippen molar-refractivity contribution in [1.29, 1.82) is 0 Å². The van der Waals surface area contributed by atoms with E-state index in [9.17, 15) is 4.57 Å². The second kappa shape index (κ2) is 33.8. The van der Waals surface area contributed by atoms with E-state index in [2.05, 4.69) is 13.8 Å². The highest BCUT2D eigenvalue weighted by Crippen LogP contribution is 2.48. The number of hydrogen-bond donors (Lipinski definition) is 0. The van der Waals surface area contributed by atoms with Gasteiger partial charge in [0.2, 0.25) is 0 Å². The Kier molecular flexibility index (Phi) is 32.0. The second-order valence-corrected chi connectivity index (χ2v) is 16.6. The van der Waals surface area contributed by atoms with Gasteiger partial charge in [-0.05, 0) is 31.4 Å². The van der Waals surface area contributed by atoms with Crippen LogP contribution < -0.4 is 5.30 Å². The van der Waals surface area contributed by atoms with Crippen LogP contribution in [-0.2, 0) is 13.6 Å². The van der Waals surface area contributed by atoms with E-state index < -0.39 is 7.60 Å². The van der Waals surface area contributed by atoms with E-state index >= 15 is 0 Å². The van der Waals surface area contributed by atoms with Crippen molar-refractivity contribution in [2.24, 2.45) is 0 Å². The third-order valence-corrected chi connectivity index (χ3v) is 12.1. The molecule has 1 rings (SSSR count). The molecular formula is C43H81O3P.